The van der Waals surface area contributed by atoms with E-state index >= 15 is 0 Å². The molecule has 1 rings (SSSR count). The van der Waals surface area contributed by atoms with Crippen LogP contribution in [0.1, 0.15) is 12.8 Å². The molecule has 1 heterocycles. The molecule has 0 bridgehead atoms. The Balaban J connectivity index is 2.67. The molecule has 0 amide bonds. The van der Waals surface area contributed by atoms with Crippen molar-refractivity contribution in [3.05, 3.63) is 11.4 Å². The van der Waals surface area contributed by atoms with Crippen molar-refractivity contribution in [2.45, 2.75) is 17.7 Å². The van der Waals surface area contributed by atoms with Crippen molar-refractivity contribution in [3.63, 3.8) is 0 Å². The number of hydrogen-bond acceptors (Lipinski definition) is 3. The van der Waals surface area contributed by atoms with Gasteiger partial charge in [-0.15, -0.1) is 0 Å². The lowest BCUT2D eigenvalue weighted by Crippen LogP contribution is -2.18. The zero-order chi connectivity index (χ0) is 7.45. The normalized spacial score (nSPS) is 32.2. The maximum atomic E-state index is 8.64. The molecule has 0 aliphatic carbocycles. The van der Waals surface area contributed by atoms with Crippen LogP contribution >= 0.6 is 21.6 Å². The summed E-state index contributed by atoms with van der Waals surface area (Å²) >= 11 is 0. The molecule has 10 heavy (non-hydrogen) atoms. The van der Waals surface area contributed by atoms with Gasteiger partial charge in [0.05, 0.1) is 6.42 Å². The third-order valence-electron chi connectivity index (χ3n) is 1.30. The molecule has 0 aromatic rings. The van der Waals surface area contributed by atoms with Crippen LogP contribution in [0.3, 0.4) is 0 Å². The summed E-state index contributed by atoms with van der Waals surface area (Å²) in [5.41, 5.74) is 0. The fourth-order valence-electron chi connectivity index (χ4n) is 0.726. The molecule has 1 saturated heterocycles. The highest BCUT2D eigenvalue weighted by Crippen LogP contribution is 2.44. The minimum Gasteiger partial charge on any atom is -0.281 e. The molecule has 52 valence electrons. The maximum absolute atomic E-state index is 8.64. The van der Waals surface area contributed by atoms with Gasteiger partial charge in [-0.05, 0) is 6.42 Å². The fourth-order valence-corrected chi connectivity index (χ4v) is 3.23. The smallest absolute Gasteiger partial charge is 0.281 e. The van der Waals surface area contributed by atoms with Gasteiger partial charge >= 0.3 is 4.87 Å². The first-order valence-corrected chi connectivity index (χ1v) is 5.25. The van der Waals surface area contributed by atoms with E-state index in [9.17, 15) is 0 Å². The van der Waals surface area contributed by atoms with Crippen LogP contribution in [0.5, 0.6) is 0 Å². The Kier molecular flexibility index (Phi) is 2.48. The standard InChI is InChI=1S/C6H6N2S2/c1-8-6(5-7)3-2-4-9-10-6/h2-4H2. The summed E-state index contributed by atoms with van der Waals surface area (Å²) in [5, 5.41) is 8.64. The molecule has 2 nitrogen and oxygen atoms in total. The van der Waals surface area contributed by atoms with Crippen molar-refractivity contribution in [1.82, 2.24) is 0 Å². The van der Waals surface area contributed by atoms with E-state index in [2.05, 4.69) is 10.9 Å². The number of nitrogens with zero attached hydrogens (tertiary/aromatic N) is 2. The van der Waals surface area contributed by atoms with Crippen LogP contribution in [0.25, 0.3) is 4.85 Å². The number of hydrogen-bond donors (Lipinski definition) is 0. The highest BCUT2D eigenvalue weighted by molar-refractivity contribution is 8.77. The lowest BCUT2D eigenvalue weighted by molar-refractivity contribution is 0.743. The van der Waals surface area contributed by atoms with Crippen LogP contribution in [0.2, 0.25) is 0 Å². The van der Waals surface area contributed by atoms with Gasteiger partial charge in [-0.1, -0.05) is 10.8 Å². The van der Waals surface area contributed by atoms with E-state index < -0.39 is 4.87 Å². The number of rotatable bonds is 0. The van der Waals surface area contributed by atoms with Crippen LogP contribution in [0.15, 0.2) is 0 Å². The highest BCUT2D eigenvalue weighted by atomic mass is 33.1. The second kappa shape index (κ2) is 3.18. The SMILES string of the molecule is [C-]#[N+]C1(C#N)CCCSS1. The van der Waals surface area contributed by atoms with Crippen LogP contribution in [0.4, 0.5) is 0 Å². The molecule has 1 aliphatic heterocycles. The van der Waals surface area contributed by atoms with E-state index in [1.54, 1.807) is 10.8 Å². The first kappa shape index (κ1) is 7.78. The second-order valence-corrected chi connectivity index (χ2v) is 4.71. The Labute approximate surface area is 68.2 Å². The average Bonchev–Trinajstić information content (AvgIpc) is 2.06. The molecule has 0 saturated carbocycles. The van der Waals surface area contributed by atoms with Gasteiger partial charge in [0, 0.05) is 16.5 Å². The molecule has 0 aromatic carbocycles. The van der Waals surface area contributed by atoms with E-state index in [-0.39, 0.29) is 0 Å². The zero-order valence-corrected chi connectivity index (χ0v) is 6.97. The van der Waals surface area contributed by atoms with E-state index in [4.69, 9.17) is 11.8 Å². The van der Waals surface area contributed by atoms with Gasteiger partial charge in [0.1, 0.15) is 0 Å². The first-order chi connectivity index (χ1) is 4.83. The molecular formula is C6H6N2S2. The van der Waals surface area contributed by atoms with Crippen molar-refractivity contribution in [1.29, 1.82) is 5.26 Å². The molecule has 1 atom stereocenters. The van der Waals surface area contributed by atoms with E-state index in [0.29, 0.717) is 0 Å². The highest BCUT2D eigenvalue weighted by Gasteiger charge is 2.40. The largest absolute Gasteiger partial charge is 0.371 e. The third-order valence-corrected chi connectivity index (χ3v) is 4.21. The molecule has 0 spiro atoms. The van der Waals surface area contributed by atoms with Crippen molar-refractivity contribution in [2.75, 3.05) is 5.75 Å². The van der Waals surface area contributed by atoms with Gasteiger partial charge < -0.3 is 0 Å². The predicted molar refractivity (Wildman–Crippen MR) is 44.2 cm³/mol. The van der Waals surface area contributed by atoms with Crippen LogP contribution in [0, 0.1) is 17.9 Å². The van der Waals surface area contributed by atoms with Gasteiger partial charge in [-0.3, -0.25) is 4.85 Å². The number of nitriles is 1. The van der Waals surface area contributed by atoms with Crippen molar-refractivity contribution < 1.29 is 0 Å². The topological polar surface area (TPSA) is 28.1 Å². The summed E-state index contributed by atoms with van der Waals surface area (Å²) in [7, 11) is 3.04. The summed E-state index contributed by atoms with van der Waals surface area (Å²) in [6, 6.07) is 2.06. The molecule has 1 fully saturated rings. The molecule has 0 N–H and O–H groups in total. The monoisotopic (exact) mass is 170 g/mol. The quantitative estimate of drug-likeness (QED) is 0.412. The van der Waals surface area contributed by atoms with Crippen molar-refractivity contribution in [2.24, 2.45) is 0 Å². The maximum Gasteiger partial charge on any atom is 0.371 e. The van der Waals surface area contributed by atoms with Gasteiger partial charge in [-0.25, -0.2) is 6.57 Å². The minimum absolute atomic E-state index is 0.727. The molecule has 0 radical (unpaired) electrons. The lowest BCUT2D eigenvalue weighted by Gasteiger charge is -2.16. The summed E-state index contributed by atoms with van der Waals surface area (Å²) in [6.07, 6.45) is 1.72. The third kappa shape index (κ3) is 1.39. The molecular weight excluding hydrogens is 164 g/mol. The summed E-state index contributed by atoms with van der Waals surface area (Å²) < 4.78 is 0. The van der Waals surface area contributed by atoms with Crippen molar-refractivity contribution in [3.8, 4) is 6.07 Å². The summed E-state index contributed by atoms with van der Waals surface area (Å²) in [5.74, 6) is 1.07. The van der Waals surface area contributed by atoms with Crippen LogP contribution in [-0.4, -0.2) is 10.6 Å². The Bertz CT molecular complexity index is 179. The zero-order valence-electron chi connectivity index (χ0n) is 5.33. The van der Waals surface area contributed by atoms with Crippen LogP contribution in [-0.2, 0) is 0 Å². The Morgan fingerprint density at radius 3 is 2.80 bits per heavy atom. The molecule has 4 heteroatoms. The summed E-state index contributed by atoms with van der Waals surface area (Å²) in [6.45, 7) is 6.81. The van der Waals surface area contributed by atoms with Crippen LogP contribution < -0.4 is 0 Å². The lowest BCUT2D eigenvalue weighted by atomic mass is 10.2. The van der Waals surface area contributed by atoms with Crippen molar-refractivity contribution >= 4 is 21.6 Å². The Morgan fingerprint density at radius 2 is 2.50 bits per heavy atom. The van der Waals surface area contributed by atoms with E-state index in [0.717, 1.165) is 18.6 Å². The Morgan fingerprint density at radius 1 is 1.70 bits per heavy atom. The average molecular weight is 170 g/mol. The molecule has 0 aromatic heterocycles. The summed E-state index contributed by atoms with van der Waals surface area (Å²) in [4.78, 5) is 2.57. The van der Waals surface area contributed by atoms with Gasteiger partial charge in [0.2, 0.25) is 0 Å². The van der Waals surface area contributed by atoms with Gasteiger partial charge in [-0.2, -0.15) is 5.26 Å². The predicted octanol–water partition coefficient (Wildman–Crippen LogP) is 2.30. The van der Waals surface area contributed by atoms with Gasteiger partial charge in [0.25, 0.3) is 0 Å². The van der Waals surface area contributed by atoms with E-state index in [1.165, 1.54) is 10.8 Å². The Hall–Kier alpha value is -0.320. The van der Waals surface area contributed by atoms with E-state index in [1.807, 2.05) is 0 Å². The first-order valence-electron chi connectivity index (χ1n) is 2.93. The minimum atomic E-state index is -0.761. The van der Waals surface area contributed by atoms with Gasteiger partial charge in [0.15, 0.2) is 6.07 Å². The molecule has 1 aliphatic rings. The molecule has 1 unspecified atom stereocenters. The second-order valence-electron chi connectivity index (χ2n) is 2.02. The fraction of sp³-hybridized carbons (Fsp3) is 0.667.